The molecule has 0 radical (unpaired) electrons. The summed E-state index contributed by atoms with van der Waals surface area (Å²) in [6.45, 7) is 4.85. The lowest BCUT2D eigenvalue weighted by Gasteiger charge is -2.20. The molecule has 2 atom stereocenters. The second-order valence-electron chi connectivity index (χ2n) is 18.2. The predicted octanol–water partition coefficient (Wildman–Crippen LogP) is 15.7. The molecule has 0 aromatic carbocycles. The van der Waals surface area contributed by atoms with Crippen LogP contribution in [0.25, 0.3) is 0 Å². The van der Waals surface area contributed by atoms with Gasteiger partial charge >= 0.3 is 5.97 Å². The molecule has 0 aromatic rings. The minimum absolute atomic E-state index is 0.0227. The summed E-state index contributed by atoms with van der Waals surface area (Å²) in [7, 11) is 0. The van der Waals surface area contributed by atoms with E-state index in [2.05, 4.69) is 19.2 Å². The summed E-state index contributed by atoms with van der Waals surface area (Å²) in [6, 6.07) is -0.646. The number of rotatable bonds is 49. The molecule has 0 heterocycles. The van der Waals surface area contributed by atoms with Gasteiger partial charge in [0.2, 0.25) is 5.91 Å². The van der Waals surface area contributed by atoms with Gasteiger partial charge in [-0.1, -0.05) is 257 Å². The highest BCUT2D eigenvalue weighted by molar-refractivity contribution is 5.76. The predicted molar refractivity (Wildman–Crippen MR) is 255 cm³/mol. The van der Waals surface area contributed by atoms with Crippen molar-refractivity contribution in [2.24, 2.45) is 0 Å². The number of carbonyl (C=O) groups excluding carboxylic acids is 2. The Balaban J connectivity index is 3.48. The smallest absolute Gasteiger partial charge is 0.305 e. The molecule has 350 valence electrons. The molecule has 0 aliphatic rings. The normalized spacial score (nSPS) is 12.7. The van der Waals surface area contributed by atoms with Crippen LogP contribution in [0.5, 0.6) is 0 Å². The first-order valence-electron chi connectivity index (χ1n) is 26.5. The zero-order valence-corrected chi connectivity index (χ0v) is 39.7. The lowest BCUT2D eigenvalue weighted by atomic mass is 10.0. The highest BCUT2D eigenvalue weighted by Crippen LogP contribution is 2.17. The van der Waals surface area contributed by atoms with Gasteiger partial charge in [0, 0.05) is 12.8 Å². The highest BCUT2D eigenvalue weighted by Gasteiger charge is 2.18. The molecule has 0 aliphatic carbocycles. The van der Waals surface area contributed by atoms with Crippen LogP contribution in [0, 0.1) is 0 Å². The maximum atomic E-state index is 12.4. The number of ether oxygens (including phenoxy) is 1. The van der Waals surface area contributed by atoms with E-state index in [1.165, 1.54) is 205 Å². The van der Waals surface area contributed by atoms with E-state index in [1.807, 2.05) is 6.08 Å². The Labute approximate surface area is 368 Å². The maximum absolute atomic E-state index is 12.4. The van der Waals surface area contributed by atoms with Gasteiger partial charge in [0.25, 0.3) is 0 Å². The first-order valence-corrected chi connectivity index (χ1v) is 26.5. The van der Waals surface area contributed by atoms with Crippen LogP contribution in [0.1, 0.15) is 290 Å². The number of amides is 1. The van der Waals surface area contributed by atoms with E-state index in [1.54, 1.807) is 6.08 Å². The van der Waals surface area contributed by atoms with E-state index in [0.29, 0.717) is 19.4 Å². The van der Waals surface area contributed by atoms with E-state index in [4.69, 9.17) is 4.74 Å². The number of esters is 1. The number of hydrogen-bond acceptors (Lipinski definition) is 5. The van der Waals surface area contributed by atoms with Crippen molar-refractivity contribution in [3.63, 3.8) is 0 Å². The monoisotopic (exact) mass is 834 g/mol. The van der Waals surface area contributed by atoms with Crippen LogP contribution in [0.4, 0.5) is 0 Å². The molecule has 6 heteroatoms. The van der Waals surface area contributed by atoms with Crippen molar-refractivity contribution in [3.8, 4) is 0 Å². The van der Waals surface area contributed by atoms with Crippen LogP contribution in [0.3, 0.4) is 0 Å². The van der Waals surface area contributed by atoms with E-state index >= 15 is 0 Å². The average molecular weight is 834 g/mol. The van der Waals surface area contributed by atoms with Crippen molar-refractivity contribution in [2.45, 2.75) is 302 Å². The summed E-state index contributed by atoms with van der Waals surface area (Å²) in [4.78, 5) is 24.5. The first kappa shape index (κ1) is 57.6. The molecule has 59 heavy (non-hydrogen) atoms. The molecule has 0 aromatic heterocycles. The third kappa shape index (κ3) is 45.9. The minimum atomic E-state index is -0.860. The topological polar surface area (TPSA) is 95.9 Å². The fourth-order valence-electron chi connectivity index (χ4n) is 8.22. The summed E-state index contributed by atoms with van der Waals surface area (Å²) in [5.74, 6) is -0.116. The largest absolute Gasteiger partial charge is 0.466 e. The van der Waals surface area contributed by atoms with Crippen molar-refractivity contribution < 1.29 is 24.5 Å². The number of nitrogens with one attached hydrogen (secondary N) is 1. The molecule has 0 bridgehead atoms. The zero-order chi connectivity index (χ0) is 43.0. The first-order chi connectivity index (χ1) is 29.0. The second kappa shape index (κ2) is 49.3. The third-order valence-corrected chi connectivity index (χ3v) is 12.3. The van der Waals surface area contributed by atoms with E-state index < -0.39 is 12.1 Å². The molecule has 6 nitrogen and oxygen atoms in total. The van der Waals surface area contributed by atoms with E-state index in [9.17, 15) is 19.8 Å². The van der Waals surface area contributed by atoms with Crippen molar-refractivity contribution in [1.82, 2.24) is 5.32 Å². The Morgan fingerprint density at radius 2 is 0.780 bits per heavy atom. The molecule has 0 saturated carbocycles. The van der Waals surface area contributed by atoms with Crippen LogP contribution < -0.4 is 5.32 Å². The Morgan fingerprint density at radius 3 is 1.15 bits per heavy atom. The Morgan fingerprint density at radius 1 is 0.458 bits per heavy atom. The molecule has 0 saturated heterocycles. The van der Waals surface area contributed by atoms with Gasteiger partial charge in [-0.05, 0) is 32.1 Å². The molecule has 2 unspecified atom stereocenters. The number of unbranched alkanes of at least 4 members (excludes halogenated alkanes) is 38. The lowest BCUT2D eigenvalue weighted by Crippen LogP contribution is -2.45. The van der Waals surface area contributed by atoms with Crippen LogP contribution in [0.15, 0.2) is 12.2 Å². The molecular formula is C53H103NO5. The van der Waals surface area contributed by atoms with Gasteiger partial charge in [0.15, 0.2) is 0 Å². The van der Waals surface area contributed by atoms with Gasteiger partial charge in [-0.15, -0.1) is 0 Å². The van der Waals surface area contributed by atoms with Crippen LogP contribution in [-0.2, 0) is 14.3 Å². The fourth-order valence-corrected chi connectivity index (χ4v) is 8.22. The van der Waals surface area contributed by atoms with Gasteiger partial charge in [0.1, 0.15) is 0 Å². The molecule has 3 N–H and O–H groups in total. The van der Waals surface area contributed by atoms with E-state index in [0.717, 1.165) is 57.8 Å². The maximum Gasteiger partial charge on any atom is 0.305 e. The summed E-state index contributed by atoms with van der Waals surface area (Å²) in [5, 5.41) is 23.0. The zero-order valence-electron chi connectivity index (χ0n) is 39.7. The van der Waals surface area contributed by atoms with Crippen molar-refractivity contribution in [2.75, 3.05) is 13.2 Å². The van der Waals surface area contributed by atoms with Crippen LogP contribution in [-0.4, -0.2) is 47.4 Å². The van der Waals surface area contributed by atoms with Crippen LogP contribution >= 0.6 is 0 Å². The SMILES string of the molecule is CCCCCCCCCCCCCCC/C=C/C(O)C(CO)NC(=O)CCCCCCCCCCCOC(=O)CCCCCCCCCCCCCCCCCCCC. The van der Waals surface area contributed by atoms with Crippen molar-refractivity contribution in [1.29, 1.82) is 0 Å². The quantitative estimate of drug-likeness (QED) is 0.0322. The van der Waals surface area contributed by atoms with Crippen molar-refractivity contribution >= 4 is 11.9 Å². The molecule has 0 rings (SSSR count). The van der Waals surface area contributed by atoms with Gasteiger partial charge in [-0.3, -0.25) is 9.59 Å². The summed E-state index contributed by atoms with van der Waals surface area (Å²) in [5.41, 5.74) is 0. The number of aliphatic hydroxyl groups excluding tert-OH is 2. The van der Waals surface area contributed by atoms with Crippen LogP contribution in [0.2, 0.25) is 0 Å². The molecular weight excluding hydrogens is 731 g/mol. The Kier molecular flexibility index (Phi) is 48.1. The number of allylic oxidation sites excluding steroid dienone is 1. The van der Waals surface area contributed by atoms with Crippen molar-refractivity contribution in [3.05, 3.63) is 12.2 Å². The molecule has 0 spiro atoms. The number of hydrogen-bond donors (Lipinski definition) is 3. The average Bonchev–Trinajstić information content (AvgIpc) is 3.24. The number of aliphatic hydroxyl groups is 2. The molecule has 0 fully saturated rings. The molecule has 1 amide bonds. The highest BCUT2D eigenvalue weighted by atomic mass is 16.5. The second-order valence-corrected chi connectivity index (χ2v) is 18.2. The third-order valence-electron chi connectivity index (χ3n) is 12.3. The molecule has 0 aliphatic heterocycles. The summed E-state index contributed by atoms with van der Waals surface area (Å²) in [6.07, 6.45) is 56.4. The Bertz CT molecular complexity index is 878. The van der Waals surface area contributed by atoms with Gasteiger partial charge < -0.3 is 20.3 Å². The standard InChI is InChI=1S/C53H103NO5/c1-3-5-7-9-11-13-15-17-19-20-21-23-25-27-31-35-39-43-47-53(58)59-48-44-40-36-32-28-30-34-38-42-46-52(57)54-50(49-55)51(56)45-41-37-33-29-26-24-22-18-16-14-12-10-8-6-4-2/h41,45,50-51,55-56H,3-40,42-44,46-49H2,1-2H3,(H,54,57)/b45-41+. The Hall–Kier alpha value is -1.40. The summed E-state index contributed by atoms with van der Waals surface area (Å²) < 4.78 is 5.46. The lowest BCUT2D eigenvalue weighted by molar-refractivity contribution is -0.143. The fraction of sp³-hybridized carbons (Fsp3) is 0.925. The van der Waals surface area contributed by atoms with Gasteiger partial charge in [0.05, 0.1) is 25.4 Å². The minimum Gasteiger partial charge on any atom is -0.466 e. The summed E-state index contributed by atoms with van der Waals surface area (Å²) >= 11 is 0. The van der Waals surface area contributed by atoms with Gasteiger partial charge in [-0.25, -0.2) is 0 Å². The number of carbonyl (C=O) groups is 2. The van der Waals surface area contributed by atoms with E-state index in [-0.39, 0.29) is 18.5 Å². The van der Waals surface area contributed by atoms with Gasteiger partial charge in [-0.2, -0.15) is 0 Å².